The highest BCUT2D eigenvalue weighted by molar-refractivity contribution is 5.93. The van der Waals surface area contributed by atoms with Crippen molar-refractivity contribution in [1.29, 1.82) is 0 Å². The molecule has 5 heteroatoms. The van der Waals surface area contributed by atoms with Gasteiger partial charge in [0.2, 0.25) is 0 Å². The second-order valence-electron chi connectivity index (χ2n) is 5.04. The third kappa shape index (κ3) is 4.51. The fraction of sp³-hybridized carbons (Fsp3) is 0.167. The van der Waals surface area contributed by atoms with Crippen LogP contribution in [0.1, 0.15) is 5.56 Å². The Labute approximate surface area is 136 Å². The second-order valence-corrected chi connectivity index (χ2v) is 5.04. The predicted molar refractivity (Wildman–Crippen MR) is 95.1 cm³/mol. The highest BCUT2D eigenvalue weighted by Crippen LogP contribution is 2.13. The van der Waals surface area contributed by atoms with Gasteiger partial charge in [0.1, 0.15) is 0 Å². The van der Waals surface area contributed by atoms with Gasteiger partial charge in [-0.1, -0.05) is 48.5 Å². The van der Waals surface area contributed by atoms with E-state index in [4.69, 9.17) is 0 Å². The molecule has 2 amide bonds. The van der Waals surface area contributed by atoms with E-state index < -0.39 is 0 Å². The van der Waals surface area contributed by atoms with E-state index in [1.54, 1.807) is 14.1 Å². The van der Waals surface area contributed by atoms with E-state index in [-0.39, 0.29) is 6.03 Å². The fourth-order valence-electron chi connectivity index (χ4n) is 2.10. The van der Waals surface area contributed by atoms with Crippen LogP contribution < -0.4 is 4.90 Å². The first-order chi connectivity index (χ1) is 11.1. The Balaban J connectivity index is 2.09. The molecular weight excluding hydrogens is 288 g/mol. The Morgan fingerprint density at radius 2 is 1.57 bits per heavy atom. The van der Waals surface area contributed by atoms with Crippen LogP contribution in [0.5, 0.6) is 0 Å². The summed E-state index contributed by atoms with van der Waals surface area (Å²) in [5.74, 6) is 0.494. The van der Waals surface area contributed by atoms with Crippen LogP contribution in [-0.2, 0) is 6.42 Å². The molecular formula is C18H20N4O. The van der Waals surface area contributed by atoms with E-state index in [1.165, 1.54) is 9.91 Å². The molecule has 0 N–H and O–H groups in total. The van der Waals surface area contributed by atoms with Crippen LogP contribution in [-0.4, -0.2) is 37.7 Å². The molecule has 0 radical (unpaired) electrons. The summed E-state index contributed by atoms with van der Waals surface area (Å²) < 4.78 is 0. The quantitative estimate of drug-likeness (QED) is 0.485. The van der Waals surface area contributed by atoms with Crippen molar-refractivity contribution in [3.05, 3.63) is 66.2 Å². The Kier molecular flexibility index (Phi) is 5.63. The van der Waals surface area contributed by atoms with Gasteiger partial charge in [0.15, 0.2) is 5.84 Å². The number of para-hydroxylation sites is 1. The highest BCUT2D eigenvalue weighted by Gasteiger charge is 2.15. The molecule has 0 bridgehead atoms. The maximum Gasteiger partial charge on any atom is 0.344 e. The van der Waals surface area contributed by atoms with Crippen molar-refractivity contribution < 1.29 is 4.79 Å². The molecule has 0 fully saturated rings. The molecule has 0 aliphatic heterocycles. The standard InChI is InChI=1S/C18H20N4O/c1-19-17(14-15-10-6-4-7-11-15)20-22(3)18(23)21(2)16-12-8-5-9-13-16/h4-13H,1,14H2,2-3H3/b20-17-. The number of amidine groups is 1. The minimum absolute atomic E-state index is 0.245. The summed E-state index contributed by atoms with van der Waals surface area (Å²) in [4.78, 5) is 17.9. The molecule has 0 aliphatic rings. The summed E-state index contributed by atoms with van der Waals surface area (Å²) in [6.07, 6.45) is 0.525. The summed E-state index contributed by atoms with van der Waals surface area (Å²) in [5, 5.41) is 5.54. The predicted octanol–water partition coefficient (Wildman–Crippen LogP) is 3.43. The number of benzene rings is 2. The van der Waals surface area contributed by atoms with E-state index >= 15 is 0 Å². The van der Waals surface area contributed by atoms with Crippen LogP contribution in [0.2, 0.25) is 0 Å². The Hall–Kier alpha value is -2.95. The number of carbonyl (C=O) groups is 1. The second kappa shape index (κ2) is 7.89. The molecule has 23 heavy (non-hydrogen) atoms. The van der Waals surface area contributed by atoms with Crippen LogP contribution in [0.15, 0.2) is 70.8 Å². The van der Waals surface area contributed by atoms with E-state index in [9.17, 15) is 4.79 Å². The third-order valence-electron chi connectivity index (χ3n) is 3.36. The lowest BCUT2D eigenvalue weighted by molar-refractivity contribution is 0.218. The van der Waals surface area contributed by atoms with Gasteiger partial charge in [-0.3, -0.25) is 4.90 Å². The van der Waals surface area contributed by atoms with Crippen molar-refractivity contribution in [2.24, 2.45) is 10.1 Å². The molecule has 0 aromatic heterocycles. The van der Waals surface area contributed by atoms with Crippen molar-refractivity contribution in [2.45, 2.75) is 6.42 Å². The lowest BCUT2D eigenvalue weighted by Gasteiger charge is -2.21. The molecule has 5 nitrogen and oxygen atoms in total. The topological polar surface area (TPSA) is 48.3 Å². The summed E-state index contributed by atoms with van der Waals surface area (Å²) in [6, 6.07) is 19.0. The van der Waals surface area contributed by atoms with E-state index in [0.717, 1.165) is 11.3 Å². The number of hydrogen-bond donors (Lipinski definition) is 0. The highest BCUT2D eigenvalue weighted by atomic mass is 16.2. The SMILES string of the molecule is C=N/C(Cc1ccccc1)=N\N(C)C(=O)N(C)c1ccccc1. The van der Waals surface area contributed by atoms with Crippen LogP contribution in [0.4, 0.5) is 10.5 Å². The largest absolute Gasteiger partial charge is 0.344 e. The van der Waals surface area contributed by atoms with Gasteiger partial charge < -0.3 is 0 Å². The van der Waals surface area contributed by atoms with Crippen molar-refractivity contribution >= 4 is 24.3 Å². The van der Waals surface area contributed by atoms with Gasteiger partial charge in [0.05, 0.1) is 0 Å². The summed E-state index contributed by atoms with van der Waals surface area (Å²) in [5.41, 5.74) is 1.87. The smallest absolute Gasteiger partial charge is 0.296 e. The van der Waals surface area contributed by atoms with E-state index in [2.05, 4.69) is 16.8 Å². The summed E-state index contributed by atoms with van der Waals surface area (Å²) in [7, 11) is 3.32. The van der Waals surface area contributed by atoms with Gasteiger partial charge in [0, 0.05) is 26.2 Å². The minimum Gasteiger partial charge on any atom is -0.296 e. The van der Waals surface area contributed by atoms with Crippen molar-refractivity contribution in [3.63, 3.8) is 0 Å². The number of hydrazone groups is 1. The first-order valence-corrected chi connectivity index (χ1v) is 7.26. The molecule has 2 aromatic rings. The van der Waals surface area contributed by atoms with Gasteiger partial charge in [0.25, 0.3) is 0 Å². The zero-order valence-corrected chi connectivity index (χ0v) is 13.4. The van der Waals surface area contributed by atoms with E-state index in [0.29, 0.717) is 12.3 Å². The fourth-order valence-corrected chi connectivity index (χ4v) is 2.10. The number of hydrogen-bond acceptors (Lipinski definition) is 2. The van der Waals surface area contributed by atoms with Crippen molar-refractivity contribution in [1.82, 2.24) is 5.01 Å². The average molecular weight is 308 g/mol. The Morgan fingerprint density at radius 1 is 1.00 bits per heavy atom. The van der Waals surface area contributed by atoms with Gasteiger partial charge >= 0.3 is 6.03 Å². The minimum atomic E-state index is -0.245. The van der Waals surface area contributed by atoms with Crippen LogP contribution in [0.3, 0.4) is 0 Å². The van der Waals surface area contributed by atoms with E-state index in [1.807, 2.05) is 60.7 Å². The Bertz CT molecular complexity index is 683. The molecule has 118 valence electrons. The van der Waals surface area contributed by atoms with Crippen molar-refractivity contribution in [2.75, 3.05) is 19.0 Å². The van der Waals surface area contributed by atoms with Crippen molar-refractivity contribution in [3.8, 4) is 0 Å². The number of aliphatic imine (C=N–C) groups is 1. The lowest BCUT2D eigenvalue weighted by atomic mass is 10.1. The monoisotopic (exact) mass is 308 g/mol. The third-order valence-corrected chi connectivity index (χ3v) is 3.36. The molecule has 0 unspecified atom stereocenters. The molecule has 2 aromatic carbocycles. The number of carbonyl (C=O) groups excluding carboxylic acids is 1. The number of anilines is 1. The van der Waals surface area contributed by atoms with Gasteiger partial charge in [-0.05, 0) is 24.4 Å². The van der Waals surface area contributed by atoms with Gasteiger partial charge in [-0.15, -0.1) is 0 Å². The molecule has 0 heterocycles. The number of rotatable bonds is 4. The first-order valence-electron chi connectivity index (χ1n) is 7.26. The molecule has 0 saturated carbocycles. The zero-order valence-electron chi connectivity index (χ0n) is 13.4. The first kappa shape index (κ1) is 16.4. The average Bonchev–Trinajstić information content (AvgIpc) is 2.61. The normalized spacial score (nSPS) is 11.0. The molecule has 0 spiro atoms. The molecule has 0 aliphatic carbocycles. The van der Waals surface area contributed by atoms with Gasteiger partial charge in [-0.25, -0.2) is 14.8 Å². The molecule has 0 saturated heterocycles. The van der Waals surface area contributed by atoms with Crippen LogP contribution in [0, 0.1) is 0 Å². The van der Waals surface area contributed by atoms with Crippen LogP contribution >= 0.6 is 0 Å². The molecule has 0 atom stereocenters. The Morgan fingerprint density at radius 3 is 2.13 bits per heavy atom. The maximum absolute atomic E-state index is 12.4. The van der Waals surface area contributed by atoms with Gasteiger partial charge in [-0.2, -0.15) is 5.10 Å². The maximum atomic E-state index is 12.4. The lowest BCUT2D eigenvalue weighted by Crippen LogP contribution is -2.36. The number of nitrogens with zero attached hydrogens (tertiary/aromatic N) is 4. The molecule has 2 rings (SSSR count). The summed E-state index contributed by atoms with van der Waals surface area (Å²) in [6.45, 7) is 3.54. The zero-order chi connectivity index (χ0) is 16.7. The summed E-state index contributed by atoms with van der Waals surface area (Å²) >= 11 is 0. The number of urea groups is 1. The van der Waals surface area contributed by atoms with Crippen LogP contribution in [0.25, 0.3) is 0 Å². The number of amides is 2.